The Balaban J connectivity index is 1.77. The maximum Gasteiger partial charge on any atom is 0.248 e. The molecule has 0 bridgehead atoms. The van der Waals surface area contributed by atoms with E-state index in [0.717, 1.165) is 11.1 Å². The highest BCUT2D eigenvalue weighted by molar-refractivity contribution is 14.1. The molecule has 0 spiro atoms. The molecule has 2 N–H and O–H groups in total. The molecule has 3 aromatic rings. The summed E-state index contributed by atoms with van der Waals surface area (Å²) < 4.78 is 7.48. The Labute approximate surface area is 167 Å². The Bertz CT molecular complexity index is 1150. The first-order chi connectivity index (χ1) is 13.1. The zero-order chi connectivity index (χ0) is 18.7. The normalized spacial score (nSPS) is 17.3. The molecule has 27 heavy (non-hydrogen) atoms. The zero-order valence-electron chi connectivity index (χ0n) is 14.0. The fourth-order valence-corrected chi connectivity index (χ4v) is 4.22. The van der Waals surface area contributed by atoms with Crippen molar-refractivity contribution in [3.8, 4) is 11.5 Å². The number of nitrogens with one attached hydrogen (secondary N) is 1. The van der Waals surface area contributed by atoms with Crippen LogP contribution in [0.2, 0.25) is 0 Å². The first-order valence-corrected chi connectivity index (χ1v) is 9.17. The molecular formula is C18H12IN5O3. The molecule has 1 aliphatic heterocycles. The summed E-state index contributed by atoms with van der Waals surface area (Å²) in [5.74, 6) is 0.768. The van der Waals surface area contributed by atoms with Crippen LogP contribution in [0.3, 0.4) is 0 Å². The molecule has 1 aliphatic carbocycles. The number of halogens is 1. The SMILES string of the molecule is COc1cc(C2C3=C(Nc4nnnn42)c2ccccc2C3=O)cc(I)c1O. The van der Waals surface area contributed by atoms with E-state index in [-0.39, 0.29) is 11.5 Å². The maximum atomic E-state index is 13.2. The molecule has 1 aromatic heterocycles. The number of carbonyl (C=O) groups is 1. The van der Waals surface area contributed by atoms with Crippen LogP contribution in [0.15, 0.2) is 42.0 Å². The van der Waals surface area contributed by atoms with Crippen LogP contribution in [0.5, 0.6) is 11.5 Å². The minimum Gasteiger partial charge on any atom is -0.504 e. The Morgan fingerprint density at radius 3 is 2.81 bits per heavy atom. The van der Waals surface area contributed by atoms with Gasteiger partial charge in [0, 0.05) is 11.1 Å². The number of phenolic OH excluding ortho intramolecular Hbond substituents is 1. The lowest BCUT2D eigenvalue weighted by atomic mass is 9.94. The second kappa shape index (κ2) is 5.78. The van der Waals surface area contributed by atoms with Gasteiger partial charge in [-0.25, -0.2) is 0 Å². The average molecular weight is 473 g/mol. The van der Waals surface area contributed by atoms with Crippen LogP contribution in [0.25, 0.3) is 5.70 Å². The Kier molecular flexibility index (Phi) is 3.47. The average Bonchev–Trinajstić information content (AvgIpc) is 3.26. The maximum absolute atomic E-state index is 13.2. The number of methoxy groups -OCH3 is 1. The van der Waals surface area contributed by atoms with Crippen LogP contribution in [-0.2, 0) is 0 Å². The number of anilines is 1. The second-order valence-corrected chi connectivity index (χ2v) is 7.35. The highest BCUT2D eigenvalue weighted by atomic mass is 127. The summed E-state index contributed by atoms with van der Waals surface area (Å²) in [4.78, 5) is 13.2. The summed E-state index contributed by atoms with van der Waals surface area (Å²) in [5.41, 5.74) is 3.50. The molecule has 8 nitrogen and oxygen atoms in total. The molecule has 1 atom stereocenters. The number of ketones is 1. The quantitative estimate of drug-likeness (QED) is 0.552. The number of rotatable bonds is 2. The fourth-order valence-electron chi connectivity index (χ4n) is 3.60. The number of ether oxygens (including phenoxy) is 1. The van der Waals surface area contributed by atoms with Crippen molar-refractivity contribution in [2.75, 3.05) is 12.4 Å². The summed E-state index contributed by atoms with van der Waals surface area (Å²) in [6, 6.07) is 10.4. The molecule has 2 aromatic carbocycles. The molecule has 0 saturated heterocycles. The number of hydrogen-bond donors (Lipinski definition) is 2. The van der Waals surface area contributed by atoms with Crippen molar-refractivity contribution in [2.24, 2.45) is 0 Å². The van der Waals surface area contributed by atoms with Crippen molar-refractivity contribution in [3.63, 3.8) is 0 Å². The van der Waals surface area contributed by atoms with E-state index in [9.17, 15) is 9.90 Å². The van der Waals surface area contributed by atoms with Crippen molar-refractivity contribution >= 4 is 40.0 Å². The van der Waals surface area contributed by atoms with E-state index in [1.54, 1.807) is 16.8 Å². The summed E-state index contributed by atoms with van der Waals surface area (Å²) in [7, 11) is 1.49. The second-order valence-electron chi connectivity index (χ2n) is 6.19. The van der Waals surface area contributed by atoms with Gasteiger partial charge in [-0.3, -0.25) is 4.79 Å². The van der Waals surface area contributed by atoms with Gasteiger partial charge >= 0.3 is 0 Å². The van der Waals surface area contributed by atoms with Gasteiger partial charge in [-0.05, 0) is 50.7 Å². The van der Waals surface area contributed by atoms with Crippen LogP contribution < -0.4 is 10.1 Å². The third-order valence-corrected chi connectivity index (χ3v) is 5.61. The van der Waals surface area contributed by atoms with Gasteiger partial charge in [-0.2, -0.15) is 4.68 Å². The number of fused-ring (bicyclic) bond motifs is 3. The van der Waals surface area contributed by atoms with Crippen molar-refractivity contribution in [1.82, 2.24) is 20.2 Å². The number of phenols is 1. The number of Topliss-reactive ketones (excluding diaryl/α,β-unsaturated/α-hetero) is 1. The molecule has 2 aliphatic rings. The van der Waals surface area contributed by atoms with E-state index >= 15 is 0 Å². The summed E-state index contributed by atoms with van der Waals surface area (Å²) in [5, 5.41) is 25.2. The third-order valence-electron chi connectivity index (χ3n) is 4.79. The van der Waals surface area contributed by atoms with E-state index in [0.29, 0.717) is 32.1 Å². The molecule has 0 amide bonds. The predicted molar refractivity (Wildman–Crippen MR) is 105 cm³/mol. The molecule has 2 heterocycles. The molecule has 5 rings (SSSR count). The number of allylic oxidation sites excluding steroid dienone is 1. The fraction of sp³-hybridized carbons (Fsp3) is 0.111. The molecule has 0 fully saturated rings. The molecule has 0 radical (unpaired) electrons. The smallest absolute Gasteiger partial charge is 0.248 e. The van der Waals surface area contributed by atoms with E-state index in [1.165, 1.54) is 7.11 Å². The number of aromatic nitrogens is 4. The topological polar surface area (TPSA) is 102 Å². The number of carbonyl (C=O) groups excluding carboxylic acids is 1. The lowest BCUT2D eigenvalue weighted by Gasteiger charge is -2.26. The highest BCUT2D eigenvalue weighted by Crippen LogP contribution is 2.46. The van der Waals surface area contributed by atoms with E-state index in [1.807, 2.05) is 46.9 Å². The first kappa shape index (κ1) is 16.2. The van der Waals surface area contributed by atoms with E-state index in [2.05, 4.69) is 20.8 Å². The largest absolute Gasteiger partial charge is 0.504 e. The number of tetrazole rings is 1. The molecule has 134 valence electrons. The highest BCUT2D eigenvalue weighted by Gasteiger charge is 2.41. The summed E-state index contributed by atoms with van der Waals surface area (Å²) >= 11 is 2.03. The number of aromatic hydroxyl groups is 1. The van der Waals surface area contributed by atoms with Crippen LogP contribution >= 0.6 is 22.6 Å². The first-order valence-electron chi connectivity index (χ1n) is 8.09. The predicted octanol–water partition coefficient (Wildman–Crippen LogP) is 2.61. The number of hydrogen-bond acceptors (Lipinski definition) is 7. The molecule has 1 unspecified atom stereocenters. The van der Waals surface area contributed by atoms with E-state index in [4.69, 9.17) is 4.74 Å². The van der Waals surface area contributed by atoms with E-state index < -0.39 is 6.04 Å². The summed E-state index contributed by atoms with van der Waals surface area (Å²) in [6.07, 6.45) is 0. The Morgan fingerprint density at radius 2 is 2.04 bits per heavy atom. The number of benzene rings is 2. The zero-order valence-corrected chi connectivity index (χ0v) is 16.1. The number of nitrogens with zero attached hydrogens (tertiary/aromatic N) is 4. The van der Waals surface area contributed by atoms with Crippen molar-refractivity contribution < 1.29 is 14.6 Å². The standard InChI is InChI=1S/C18H12IN5O3/c1-27-12-7-8(6-11(19)17(12)26)15-13-14(20-18-21-22-23-24(15)18)9-4-2-3-5-10(9)16(13)25/h2-7,15,26H,1H3,(H,20,21,23). The summed E-state index contributed by atoms with van der Waals surface area (Å²) in [6.45, 7) is 0. The van der Waals surface area contributed by atoms with Gasteiger partial charge in [0.1, 0.15) is 6.04 Å². The molecule has 0 saturated carbocycles. The van der Waals surface area contributed by atoms with Crippen molar-refractivity contribution in [2.45, 2.75) is 6.04 Å². The lowest BCUT2D eigenvalue weighted by Crippen LogP contribution is -2.25. The van der Waals surface area contributed by atoms with Gasteiger partial charge in [0.05, 0.1) is 22.0 Å². The van der Waals surface area contributed by atoms with Gasteiger partial charge in [0.25, 0.3) is 0 Å². The monoisotopic (exact) mass is 473 g/mol. The van der Waals surface area contributed by atoms with Gasteiger partial charge in [-0.15, -0.1) is 0 Å². The van der Waals surface area contributed by atoms with Crippen LogP contribution in [-0.4, -0.2) is 38.2 Å². The Hall–Kier alpha value is -2.95. The molecule has 9 heteroatoms. The third kappa shape index (κ3) is 2.21. The minimum atomic E-state index is -0.533. The lowest BCUT2D eigenvalue weighted by molar-refractivity contribution is 0.102. The van der Waals surface area contributed by atoms with Crippen LogP contribution in [0, 0.1) is 3.57 Å². The minimum absolute atomic E-state index is 0.0583. The van der Waals surface area contributed by atoms with Crippen LogP contribution in [0.1, 0.15) is 27.5 Å². The molecular weight excluding hydrogens is 461 g/mol. The van der Waals surface area contributed by atoms with Gasteiger partial charge in [-0.1, -0.05) is 29.4 Å². The Morgan fingerprint density at radius 1 is 1.26 bits per heavy atom. The van der Waals surface area contributed by atoms with Crippen LogP contribution in [0.4, 0.5) is 5.95 Å². The van der Waals surface area contributed by atoms with Gasteiger partial charge < -0.3 is 15.2 Å². The van der Waals surface area contributed by atoms with Crippen molar-refractivity contribution in [3.05, 3.63) is 62.2 Å². The van der Waals surface area contributed by atoms with Gasteiger partial charge in [0.2, 0.25) is 5.95 Å². The van der Waals surface area contributed by atoms with Crippen molar-refractivity contribution in [1.29, 1.82) is 0 Å². The van der Waals surface area contributed by atoms with Gasteiger partial charge in [0.15, 0.2) is 17.3 Å².